The van der Waals surface area contributed by atoms with Crippen LogP contribution in [0, 0.1) is 0 Å². The fourth-order valence-corrected chi connectivity index (χ4v) is 3.73. The van der Waals surface area contributed by atoms with E-state index in [1.807, 2.05) is 42.5 Å². The molecule has 0 saturated carbocycles. The lowest BCUT2D eigenvalue weighted by atomic mass is 10.2. The minimum absolute atomic E-state index is 0.173. The number of halogens is 1. The Balaban J connectivity index is 1.61. The van der Waals surface area contributed by atoms with E-state index in [2.05, 4.69) is 17.0 Å². The van der Waals surface area contributed by atoms with Gasteiger partial charge in [-0.15, -0.1) is 5.10 Å². The van der Waals surface area contributed by atoms with Crippen molar-refractivity contribution in [1.82, 2.24) is 14.6 Å². The summed E-state index contributed by atoms with van der Waals surface area (Å²) in [6.07, 6.45) is 3.95. The molecule has 5 nitrogen and oxygen atoms in total. The molecule has 0 aliphatic heterocycles. The Morgan fingerprint density at radius 3 is 2.57 bits per heavy atom. The molecule has 0 bridgehead atoms. The van der Waals surface area contributed by atoms with Gasteiger partial charge in [-0.3, -0.25) is 4.79 Å². The maximum atomic E-state index is 12.6. The van der Waals surface area contributed by atoms with Crippen LogP contribution in [0.5, 0.6) is 5.75 Å². The SMILES string of the molecule is CCCCOc1ccc(-c2nc3s/c(=C\c4ccc(Cl)cc4)c(=O)n3n2)cc1. The predicted octanol–water partition coefficient (Wildman–Crippen LogP) is 4.20. The monoisotopic (exact) mass is 411 g/mol. The molecule has 4 aromatic rings. The van der Waals surface area contributed by atoms with Crippen LogP contribution in [0.4, 0.5) is 0 Å². The van der Waals surface area contributed by atoms with Crippen molar-refractivity contribution in [1.29, 1.82) is 0 Å². The van der Waals surface area contributed by atoms with E-state index in [1.54, 1.807) is 12.1 Å². The molecular formula is C21H18ClN3O2S. The van der Waals surface area contributed by atoms with Gasteiger partial charge < -0.3 is 4.74 Å². The van der Waals surface area contributed by atoms with Gasteiger partial charge in [0.05, 0.1) is 11.1 Å². The minimum atomic E-state index is -0.173. The molecule has 28 heavy (non-hydrogen) atoms. The maximum absolute atomic E-state index is 12.6. The van der Waals surface area contributed by atoms with Crippen LogP contribution in [0.25, 0.3) is 22.4 Å². The van der Waals surface area contributed by atoms with E-state index in [0.29, 0.717) is 26.9 Å². The molecular weight excluding hydrogens is 394 g/mol. The van der Waals surface area contributed by atoms with E-state index in [-0.39, 0.29) is 5.56 Å². The third-order valence-electron chi connectivity index (χ3n) is 4.23. The molecule has 4 rings (SSSR count). The number of thiazole rings is 1. The van der Waals surface area contributed by atoms with Crippen LogP contribution in [0.15, 0.2) is 53.3 Å². The number of unbranched alkanes of at least 4 members (excludes halogenated alkanes) is 1. The van der Waals surface area contributed by atoms with E-state index < -0.39 is 0 Å². The fraction of sp³-hybridized carbons (Fsp3) is 0.190. The van der Waals surface area contributed by atoms with Gasteiger partial charge in [-0.1, -0.05) is 48.4 Å². The first-order valence-corrected chi connectivity index (χ1v) is 10.2. The van der Waals surface area contributed by atoms with Gasteiger partial charge in [0, 0.05) is 10.6 Å². The number of hydrogen-bond donors (Lipinski definition) is 0. The van der Waals surface area contributed by atoms with Crippen molar-refractivity contribution in [2.45, 2.75) is 19.8 Å². The Bertz CT molecular complexity index is 1200. The summed E-state index contributed by atoms with van der Waals surface area (Å²) in [5, 5.41) is 5.05. The summed E-state index contributed by atoms with van der Waals surface area (Å²) >= 11 is 7.22. The average molecular weight is 412 g/mol. The topological polar surface area (TPSA) is 56.5 Å². The second-order valence-corrected chi connectivity index (χ2v) is 7.77. The van der Waals surface area contributed by atoms with Crippen molar-refractivity contribution in [3.05, 3.63) is 74.0 Å². The average Bonchev–Trinajstić information content (AvgIpc) is 3.24. The maximum Gasteiger partial charge on any atom is 0.291 e. The molecule has 0 fully saturated rings. The minimum Gasteiger partial charge on any atom is -0.494 e. The van der Waals surface area contributed by atoms with Crippen LogP contribution >= 0.6 is 22.9 Å². The number of ether oxygens (including phenoxy) is 1. The second kappa shape index (κ2) is 8.12. The molecule has 2 heterocycles. The number of fused-ring (bicyclic) bond motifs is 1. The smallest absolute Gasteiger partial charge is 0.291 e. The van der Waals surface area contributed by atoms with Crippen molar-refractivity contribution < 1.29 is 4.74 Å². The van der Waals surface area contributed by atoms with Gasteiger partial charge in [0.1, 0.15) is 5.75 Å². The standard InChI is InChI=1S/C21H18ClN3O2S/c1-2-3-12-27-17-10-6-15(7-11-17)19-23-21-25(24-19)20(26)18(28-21)13-14-4-8-16(22)9-5-14/h4-11,13H,2-3,12H2,1H3/b18-13-. The molecule has 142 valence electrons. The molecule has 0 saturated heterocycles. The van der Waals surface area contributed by atoms with Crippen molar-refractivity contribution in [3.8, 4) is 17.1 Å². The Morgan fingerprint density at radius 2 is 1.89 bits per heavy atom. The Hall–Kier alpha value is -2.70. The summed E-state index contributed by atoms with van der Waals surface area (Å²) in [7, 11) is 0. The molecule has 2 aromatic heterocycles. The quantitative estimate of drug-likeness (QED) is 0.446. The predicted molar refractivity (Wildman–Crippen MR) is 113 cm³/mol. The Morgan fingerprint density at radius 1 is 1.14 bits per heavy atom. The van der Waals surface area contributed by atoms with Crippen LogP contribution in [-0.2, 0) is 0 Å². The van der Waals surface area contributed by atoms with Gasteiger partial charge in [-0.05, 0) is 54.5 Å². The zero-order chi connectivity index (χ0) is 19.5. The van der Waals surface area contributed by atoms with E-state index in [0.717, 1.165) is 29.7 Å². The first kappa shape index (κ1) is 18.7. The molecule has 0 atom stereocenters. The van der Waals surface area contributed by atoms with Gasteiger partial charge >= 0.3 is 0 Å². The van der Waals surface area contributed by atoms with Crippen molar-refractivity contribution in [2.75, 3.05) is 6.61 Å². The van der Waals surface area contributed by atoms with Crippen LogP contribution in [0.3, 0.4) is 0 Å². The van der Waals surface area contributed by atoms with Crippen LogP contribution in [0.2, 0.25) is 5.02 Å². The van der Waals surface area contributed by atoms with Crippen LogP contribution < -0.4 is 14.8 Å². The summed E-state index contributed by atoms with van der Waals surface area (Å²) in [5.74, 6) is 1.35. The van der Waals surface area contributed by atoms with Crippen molar-refractivity contribution >= 4 is 34.0 Å². The second-order valence-electron chi connectivity index (χ2n) is 6.32. The third-order valence-corrected chi connectivity index (χ3v) is 5.44. The molecule has 0 radical (unpaired) electrons. The zero-order valence-corrected chi connectivity index (χ0v) is 16.8. The largest absolute Gasteiger partial charge is 0.494 e. The summed E-state index contributed by atoms with van der Waals surface area (Å²) < 4.78 is 7.61. The van der Waals surface area contributed by atoms with Gasteiger partial charge in [0.2, 0.25) is 4.96 Å². The summed E-state index contributed by atoms with van der Waals surface area (Å²) in [4.78, 5) is 17.7. The number of rotatable bonds is 6. The highest BCUT2D eigenvalue weighted by atomic mass is 35.5. The van der Waals surface area contributed by atoms with E-state index in [9.17, 15) is 4.79 Å². The third kappa shape index (κ3) is 3.93. The number of aromatic nitrogens is 3. The Labute approximate surface area is 170 Å². The van der Waals surface area contributed by atoms with Crippen LogP contribution in [0.1, 0.15) is 25.3 Å². The lowest BCUT2D eigenvalue weighted by Crippen LogP contribution is -2.23. The highest BCUT2D eigenvalue weighted by Crippen LogP contribution is 2.20. The fourth-order valence-electron chi connectivity index (χ4n) is 2.70. The molecule has 0 aliphatic carbocycles. The van der Waals surface area contributed by atoms with Crippen LogP contribution in [-0.4, -0.2) is 21.2 Å². The molecule has 0 unspecified atom stereocenters. The highest BCUT2D eigenvalue weighted by Gasteiger charge is 2.12. The zero-order valence-electron chi connectivity index (χ0n) is 15.3. The highest BCUT2D eigenvalue weighted by molar-refractivity contribution is 7.15. The van der Waals surface area contributed by atoms with E-state index in [1.165, 1.54) is 15.9 Å². The summed E-state index contributed by atoms with van der Waals surface area (Å²) in [5.41, 5.74) is 1.58. The number of hydrogen-bond acceptors (Lipinski definition) is 5. The van der Waals surface area contributed by atoms with Crippen molar-refractivity contribution in [2.24, 2.45) is 0 Å². The van der Waals surface area contributed by atoms with E-state index >= 15 is 0 Å². The van der Waals surface area contributed by atoms with Gasteiger partial charge in [-0.25, -0.2) is 0 Å². The molecule has 0 amide bonds. The first-order chi connectivity index (χ1) is 13.6. The summed E-state index contributed by atoms with van der Waals surface area (Å²) in [6, 6.07) is 14.9. The van der Waals surface area contributed by atoms with Gasteiger partial charge in [0.15, 0.2) is 5.82 Å². The lowest BCUT2D eigenvalue weighted by Gasteiger charge is -2.05. The molecule has 2 aromatic carbocycles. The van der Waals surface area contributed by atoms with E-state index in [4.69, 9.17) is 16.3 Å². The number of benzene rings is 2. The van der Waals surface area contributed by atoms with Gasteiger partial charge in [0.25, 0.3) is 5.56 Å². The normalized spacial score (nSPS) is 12.0. The Kier molecular flexibility index (Phi) is 5.41. The first-order valence-electron chi connectivity index (χ1n) is 9.04. The molecule has 7 heteroatoms. The number of nitrogens with zero attached hydrogens (tertiary/aromatic N) is 3. The lowest BCUT2D eigenvalue weighted by molar-refractivity contribution is 0.309. The molecule has 0 N–H and O–H groups in total. The summed E-state index contributed by atoms with van der Waals surface area (Å²) in [6.45, 7) is 2.84. The van der Waals surface area contributed by atoms with Gasteiger partial charge in [-0.2, -0.15) is 9.50 Å². The molecule has 0 aliphatic rings. The molecule has 0 spiro atoms. The van der Waals surface area contributed by atoms with Crippen molar-refractivity contribution in [3.63, 3.8) is 0 Å².